The van der Waals surface area contributed by atoms with Crippen molar-refractivity contribution in [2.24, 2.45) is 0 Å². The van der Waals surface area contributed by atoms with Gasteiger partial charge in [-0.1, -0.05) is 99.7 Å². The number of hydrogen-bond acceptors (Lipinski definition) is 0. The van der Waals surface area contributed by atoms with Crippen molar-refractivity contribution in [2.75, 3.05) is 0 Å². The molecular weight excluding hydrogens is 381 g/mol. The fraction of sp³-hybridized carbons (Fsp3) is 0.600. The minimum atomic E-state index is -1.58. The smallest absolute Gasteiger partial charge is 0.0844 e. The van der Waals surface area contributed by atoms with Crippen molar-refractivity contribution >= 4 is 47.6 Å². The fourth-order valence-corrected chi connectivity index (χ4v) is 13.0. The van der Waals surface area contributed by atoms with Gasteiger partial charge >= 0.3 is 0 Å². The van der Waals surface area contributed by atoms with Crippen LogP contribution in [0.3, 0.4) is 0 Å². The fourth-order valence-electron chi connectivity index (χ4n) is 3.60. The molecule has 0 amide bonds. The van der Waals surface area contributed by atoms with Gasteiger partial charge in [0.05, 0.1) is 47.6 Å². The van der Waals surface area contributed by atoms with Crippen molar-refractivity contribution < 1.29 is 0 Å². The Morgan fingerprint density at radius 3 is 1.36 bits per heavy atom. The van der Waals surface area contributed by atoms with Gasteiger partial charge in [0.25, 0.3) is 0 Å². The predicted molar refractivity (Wildman–Crippen MR) is 120 cm³/mol. The summed E-state index contributed by atoms with van der Waals surface area (Å²) in [6.07, 6.45) is 9.92. The first-order valence-electron chi connectivity index (χ1n) is 9.05. The Morgan fingerprint density at radius 2 is 1.08 bits per heavy atom. The average molecular weight is 411 g/mol. The van der Waals surface area contributed by atoms with Crippen LogP contribution in [0.15, 0.2) is 45.1 Å². The maximum atomic E-state index is 3.97. The maximum absolute atomic E-state index is 3.97. The summed E-state index contributed by atoms with van der Waals surface area (Å²) in [6, 6.07) is 0. The molecule has 0 N–H and O–H groups in total. The molecule has 2 atom stereocenters. The molecule has 2 aliphatic rings. The van der Waals surface area contributed by atoms with Crippen LogP contribution in [0.2, 0.25) is 34.3 Å². The summed E-state index contributed by atoms with van der Waals surface area (Å²) in [6.45, 7) is 19.1. The topological polar surface area (TPSA) is 0 Å². The van der Waals surface area contributed by atoms with Crippen molar-refractivity contribution in [1.82, 2.24) is 0 Å². The summed E-state index contributed by atoms with van der Waals surface area (Å²) in [7, 11) is 8.11. The Hall–Kier alpha value is 0.0444. The normalized spacial score (nSPS) is 24.9. The van der Waals surface area contributed by atoms with E-state index in [-0.39, 0.29) is 0 Å². The predicted octanol–water partition coefficient (Wildman–Crippen LogP) is 5.18. The number of rotatable bonds is 4. The van der Waals surface area contributed by atoms with E-state index in [0.717, 1.165) is 19.0 Å². The summed E-state index contributed by atoms with van der Waals surface area (Å²) in [5.74, 6) is 0. The Bertz CT molecular complexity index is 595. The lowest BCUT2D eigenvalue weighted by atomic mass is 10.2. The third-order valence-corrected chi connectivity index (χ3v) is 13.0. The van der Waals surface area contributed by atoms with E-state index in [9.17, 15) is 0 Å². The van der Waals surface area contributed by atoms with Crippen LogP contribution in [0, 0.1) is 0 Å². The molecule has 0 spiro atoms. The van der Waals surface area contributed by atoms with Gasteiger partial charge in [-0.25, -0.2) is 0 Å². The lowest BCUT2D eigenvalue weighted by Gasteiger charge is -2.36. The van der Waals surface area contributed by atoms with Crippen LogP contribution in [0.4, 0.5) is 0 Å². The molecule has 2 aliphatic carbocycles. The molecule has 0 aromatic rings. The minimum Gasteiger partial charge on any atom is -0.0844 e. The minimum absolute atomic E-state index is 0.365. The van der Waals surface area contributed by atoms with Crippen molar-refractivity contribution in [2.45, 2.75) is 75.8 Å². The van der Waals surface area contributed by atoms with Gasteiger partial charge in [0.1, 0.15) is 0 Å². The van der Waals surface area contributed by atoms with Crippen molar-refractivity contribution in [1.29, 1.82) is 0 Å². The van der Waals surface area contributed by atoms with Crippen LogP contribution in [0.25, 0.3) is 0 Å². The second kappa shape index (κ2) is 7.22. The van der Waals surface area contributed by atoms with Gasteiger partial charge in [-0.2, -0.15) is 0 Å². The Balaban J connectivity index is 2.24. The van der Waals surface area contributed by atoms with Crippen LogP contribution < -0.4 is 0 Å². The molecule has 0 bridgehead atoms. The van der Waals surface area contributed by atoms with E-state index in [1.807, 2.05) is 0 Å². The Labute approximate surface area is 168 Å². The highest BCUT2D eigenvalue weighted by Crippen LogP contribution is 2.48. The van der Waals surface area contributed by atoms with E-state index >= 15 is 0 Å². The van der Waals surface area contributed by atoms with Gasteiger partial charge < -0.3 is 0 Å². The van der Waals surface area contributed by atoms with E-state index in [0.29, 0.717) is 21.2 Å². The molecule has 10 radical (unpaired) electrons. The molecule has 5 heteroatoms. The maximum Gasteiger partial charge on any atom is 0.0864 e. The summed E-state index contributed by atoms with van der Waals surface area (Å²) in [5.41, 5.74) is 1.15. The van der Waals surface area contributed by atoms with Gasteiger partial charge in [-0.3, -0.25) is 0 Å². The van der Waals surface area contributed by atoms with Gasteiger partial charge in [-0.05, 0) is 21.2 Å². The first-order chi connectivity index (χ1) is 11.2. The van der Waals surface area contributed by atoms with Gasteiger partial charge in [-0.15, -0.1) is 0 Å². The second-order valence-corrected chi connectivity index (χ2v) is 20.7. The van der Waals surface area contributed by atoms with E-state index in [1.54, 1.807) is 0 Å². The highest BCUT2D eigenvalue weighted by atomic mass is 28.3. The molecule has 0 fully saturated rings. The monoisotopic (exact) mass is 410 g/mol. The largest absolute Gasteiger partial charge is 0.0864 e. The van der Waals surface area contributed by atoms with Gasteiger partial charge in [0.15, 0.2) is 0 Å². The summed E-state index contributed by atoms with van der Waals surface area (Å²) >= 11 is 0. The van der Waals surface area contributed by atoms with Crippen molar-refractivity contribution in [3.8, 4) is 0 Å². The molecule has 130 valence electrons. The van der Waals surface area contributed by atoms with Crippen LogP contribution in [-0.4, -0.2) is 47.6 Å². The molecule has 2 rings (SSSR count). The second-order valence-electron chi connectivity index (χ2n) is 9.97. The van der Waals surface area contributed by atoms with Crippen LogP contribution >= 0.6 is 0 Å². The summed E-state index contributed by atoms with van der Waals surface area (Å²) < 4.78 is 0. The summed E-state index contributed by atoms with van der Waals surface area (Å²) in [5, 5.41) is 6.57. The highest BCUT2D eigenvalue weighted by Gasteiger charge is 2.42. The lowest BCUT2D eigenvalue weighted by Crippen LogP contribution is -2.37. The number of allylic oxidation sites excluding steroid dienone is 8. The van der Waals surface area contributed by atoms with E-state index in [2.05, 4.69) is 99.4 Å². The first kappa shape index (κ1) is 21.3. The van der Waals surface area contributed by atoms with Gasteiger partial charge in [0.2, 0.25) is 0 Å². The molecule has 0 nitrogen and oxygen atoms in total. The average Bonchev–Trinajstić information content (AvgIpc) is 2.89. The molecule has 0 saturated carbocycles. The Kier molecular flexibility index (Phi) is 6.17. The third kappa shape index (κ3) is 5.51. The SMILES string of the molecule is CC(C)(C)[Si]C1=CC([Si](C)(C)C2C=C([Si]C(C)(C)C)C=C2[Si])C([Si])=C1. The van der Waals surface area contributed by atoms with Crippen LogP contribution in [0.5, 0.6) is 0 Å². The molecular formula is C20H30Si5. The molecule has 25 heavy (non-hydrogen) atoms. The van der Waals surface area contributed by atoms with E-state index < -0.39 is 8.07 Å². The molecule has 0 heterocycles. The first-order valence-corrected chi connectivity index (χ1v) is 15.2. The van der Waals surface area contributed by atoms with Gasteiger partial charge in [0, 0.05) is 0 Å². The highest BCUT2D eigenvalue weighted by molar-refractivity contribution is 6.84. The molecule has 0 aromatic heterocycles. The van der Waals surface area contributed by atoms with E-state index in [1.165, 1.54) is 20.8 Å². The standard InChI is InChI=1S/C20H30Si5/c1-19(2,3)23-13-9-15(21)17(11-13)25(7,8)18-12-14(10-16(18)22)24-20(4,5)6/h9-12,17-18H,1-8H3. The zero-order valence-electron chi connectivity index (χ0n) is 17.0. The van der Waals surface area contributed by atoms with E-state index in [4.69, 9.17) is 0 Å². The summed E-state index contributed by atoms with van der Waals surface area (Å²) in [4.78, 5) is 0. The molecule has 0 aliphatic heterocycles. The zero-order chi connectivity index (χ0) is 19.2. The number of hydrogen-bond donors (Lipinski definition) is 0. The van der Waals surface area contributed by atoms with Crippen molar-refractivity contribution in [3.63, 3.8) is 0 Å². The molecule has 0 aromatic carbocycles. The van der Waals surface area contributed by atoms with Crippen LogP contribution in [0.1, 0.15) is 41.5 Å². The molecule has 0 saturated heterocycles. The lowest BCUT2D eigenvalue weighted by molar-refractivity contribution is 0.757. The molecule has 2 unspecified atom stereocenters. The zero-order valence-corrected chi connectivity index (χ0v) is 22.0. The quantitative estimate of drug-likeness (QED) is 0.560. The Morgan fingerprint density at radius 1 is 0.760 bits per heavy atom. The van der Waals surface area contributed by atoms with Crippen LogP contribution in [-0.2, 0) is 0 Å². The third-order valence-electron chi connectivity index (χ3n) is 4.63. The van der Waals surface area contributed by atoms with Crippen molar-refractivity contribution in [3.05, 3.63) is 45.1 Å².